The number of rotatable bonds is 3. The Morgan fingerprint density at radius 1 is 1.57 bits per heavy atom. The number of amides is 2. The highest BCUT2D eigenvalue weighted by Crippen LogP contribution is 2.23. The number of morpholine rings is 1. The highest BCUT2D eigenvalue weighted by Gasteiger charge is 2.31. The number of aliphatic hydroxyl groups excluding tert-OH is 1. The van der Waals surface area contributed by atoms with Crippen LogP contribution in [0.5, 0.6) is 0 Å². The number of carbonyl (C=O) groups excluding carboxylic acids is 1. The lowest BCUT2D eigenvalue weighted by molar-refractivity contribution is -0.0106. The standard InChI is InChI=1S/C15H24N2O4/c1-15(2,3)16-14(19)17-6-8-20-10-11(17)9-12(18)13-5-4-7-21-13/h4-5,7,11-12,18H,6,8-10H2,1-3H3,(H,16,19). The van der Waals surface area contributed by atoms with Gasteiger partial charge in [0.25, 0.3) is 0 Å². The molecule has 2 rings (SSSR count). The number of nitrogens with zero attached hydrogens (tertiary/aromatic N) is 1. The van der Waals surface area contributed by atoms with Gasteiger partial charge < -0.3 is 24.5 Å². The van der Waals surface area contributed by atoms with Crippen LogP contribution in [0.4, 0.5) is 4.79 Å². The van der Waals surface area contributed by atoms with Gasteiger partial charge in [0.15, 0.2) is 0 Å². The summed E-state index contributed by atoms with van der Waals surface area (Å²) >= 11 is 0. The van der Waals surface area contributed by atoms with Gasteiger partial charge in [0.1, 0.15) is 11.9 Å². The van der Waals surface area contributed by atoms with Crippen LogP contribution >= 0.6 is 0 Å². The third-order valence-electron chi connectivity index (χ3n) is 3.34. The third-order valence-corrected chi connectivity index (χ3v) is 3.34. The van der Waals surface area contributed by atoms with E-state index in [-0.39, 0.29) is 17.6 Å². The number of nitrogens with one attached hydrogen (secondary N) is 1. The maximum absolute atomic E-state index is 12.3. The minimum atomic E-state index is -0.739. The first-order chi connectivity index (χ1) is 9.87. The molecule has 2 amide bonds. The molecule has 0 radical (unpaired) electrons. The summed E-state index contributed by atoms with van der Waals surface area (Å²) in [4.78, 5) is 14.1. The van der Waals surface area contributed by atoms with Gasteiger partial charge in [-0.1, -0.05) is 0 Å². The quantitative estimate of drug-likeness (QED) is 0.893. The maximum Gasteiger partial charge on any atom is 0.318 e. The molecule has 2 N–H and O–H groups in total. The van der Waals surface area contributed by atoms with Crippen molar-refractivity contribution in [2.24, 2.45) is 0 Å². The van der Waals surface area contributed by atoms with E-state index in [9.17, 15) is 9.90 Å². The van der Waals surface area contributed by atoms with Crippen molar-refractivity contribution in [3.05, 3.63) is 24.2 Å². The lowest BCUT2D eigenvalue weighted by atomic mass is 10.1. The predicted molar refractivity (Wildman–Crippen MR) is 77.9 cm³/mol. The van der Waals surface area contributed by atoms with E-state index in [0.29, 0.717) is 31.9 Å². The Bertz CT molecular complexity index is 453. The molecule has 0 bridgehead atoms. The van der Waals surface area contributed by atoms with Gasteiger partial charge in [-0.05, 0) is 32.9 Å². The van der Waals surface area contributed by atoms with Crippen LogP contribution in [-0.4, -0.2) is 47.4 Å². The molecule has 6 heteroatoms. The van der Waals surface area contributed by atoms with Gasteiger partial charge >= 0.3 is 6.03 Å². The van der Waals surface area contributed by atoms with Crippen LogP contribution in [0.15, 0.2) is 22.8 Å². The average molecular weight is 296 g/mol. The molecule has 1 saturated heterocycles. The molecule has 1 aliphatic rings. The summed E-state index contributed by atoms with van der Waals surface area (Å²) in [6.45, 7) is 7.30. The van der Waals surface area contributed by atoms with E-state index in [2.05, 4.69) is 5.32 Å². The summed E-state index contributed by atoms with van der Waals surface area (Å²) < 4.78 is 10.7. The average Bonchev–Trinajstić information content (AvgIpc) is 2.91. The number of hydrogen-bond acceptors (Lipinski definition) is 4. The molecule has 1 aromatic rings. The molecule has 21 heavy (non-hydrogen) atoms. The zero-order valence-electron chi connectivity index (χ0n) is 12.8. The SMILES string of the molecule is CC(C)(C)NC(=O)N1CCOCC1CC(O)c1ccco1. The van der Waals surface area contributed by atoms with Crippen molar-refractivity contribution in [1.82, 2.24) is 10.2 Å². The Kier molecular flexibility index (Phi) is 4.90. The molecule has 6 nitrogen and oxygen atoms in total. The summed E-state index contributed by atoms with van der Waals surface area (Å²) in [5.74, 6) is 0.511. The van der Waals surface area contributed by atoms with E-state index >= 15 is 0 Å². The van der Waals surface area contributed by atoms with Crippen LogP contribution in [-0.2, 0) is 4.74 Å². The first kappa shape index (κ1) is 15.9. The fraction of sp³-hybridized carbons (Fsp3) is 0.667. The van der Waals surface area contributed by atoms with Crippen molar-refractivity contribution in [2.75, 3.05) is 19.8 Å². The van der Waals surface area contributed by atoms with Crippen LogP contribution in [0.25, 0.3) is 0 Å². The minimum Gasteiger partial charge on any atom is -0.467 e. The van der Waals surface area contributed by atoms with Gasteiger partial charge in [-0.2, -0.15) is 0 Å². The van der Waals surface area contributed by atoms with E-state index < -0.39 is 6.10 Å². The molecule has 0 spiro atoms. The van der Waals surface area contributed by atoms with Crippen LogP contribution < -0.4 is 5.32 Å². The van der Waals surface area contributed by atoms with Crippen molar-refractivity contribution in [1.29, 1.82) is 0 Å². The van der Waals surface area contributed by atoms with E-state index in [0.717, 1.165) is 0 Å². The fourth-order valence-electron chi connectivity index (χ4n) is 2.36. The molecule has 118 valence electrons. The molecule has 0 aliphatic carbocycles. The Labute approximate surface area is 125 Å². The van der Waals surface area contributed by atoms with Gasteiger partial charge in [-0.3, -0.25) is 0 Å². The Balaban J connectivity index is 2.00. The summed E-state index contributed by atoms with van der Waals surface area (Å²) in [6.07, 6.45) is 1.18. The number of furan rings is 1. The van der Waals surface area contributed by atoms with Crippen molar-refractivity contribution in [3.8, 4) is 0 Å². The molecular formula is C15H24N2O4. The number of urea groups is 1. The number of hydrogen-bond donors (Lipinski definition) is 2. The van der Waals surface area contributed by atoms with Crippen molar-refractivity contribution < 1.29 is 19.1 Å². The van der Waals surface area contributed by atoms with E-state index in [1.807, 2.05) is 20.8 Å². The monoisotopic (exact) mass is 296 g/mol. The van der Waals surface area contributed by atoms with Gasteiger partial charge in [0.05, 0.1) is 25.5 Å². The number of carbonyl (C=O) groups is 1. The zero-order valence-corrected chi connectivity index (χ0v) is 12.8. The van der Waals surface area contributed by atoms with E-state index in [1.54, 1.807) is 17.0 Å². The Morgan fingerprint density at radius 2 is 2.33 bits per heavy atom. The molecule has 1 fully saturated rings. The highest BCUT2D eigenvalue weighted by atomic mass is 16.5. The first-order valence-electron chi connectivity index (χ1n) is 7.25. The number of ether oxygens (including phenoxy) is 1. The Hall–Kier alpha value is -1.53. The maximum atomic E-state index is 12.3. The normalized spacial score (nSPS) is 21.1. The van der Waals surface area contributed by atoms with Crippen LogP contribution in [0.2, 0.25) is 0 Å². The van der Waals surface area contributed by atoms with Crippen LogP contribution in [0.3, 0.4) is 0 Å². The van der Waals surface area contributed by atoms with Crippen molar-refractivity contribution >= 4 is 6.03 Å². The summed E-state index contributed by atoms with van der Waals surface area (Å²) in [5.41, 5.74) is -0.292. The molecule has 1 aliphatic heterocycles. The molecule has 2 heterocycles. The lowest BCUT2D eigenvalue weighted by Gasteiger charge is -2.38. The Morgan fingerprint density at radius 3 is 2.95 bits per heavy atom. The largest absolute Gasteiger partial charge is 0.467 e. The van der Waals surface area contributed by atoms with Crippen molar-refractivity contribution in [2.45, 2.75) is 44.9 Å². The second kappa shape index (κ2) is 6.49. The summed E-state index contributed by atoms with van der Waals surface area (Å²) in [6, 6.07) is 3.18. The first-order valence-corrected chi connectivity index (χ1v) is 7.25. The minimum absolute atomic E-state index is 0.123. The lowest BCUT2D eigenvalue weighted by Crippen LogP contribution is -2.56. The van der Waals surface area contributed by atoms with Gasteiger partial charge in [-0.25, -0.2) is 4.79 Å². The molecule has 0 saturated carbocycles. The molecule has 0 aromatic carbocycles. The van der Waals surface area contributed by atoms with E-state index in [1.165, 1.54) is 6.26 Å². The topological polar surface area (TPSA) is 74.9 Å². The smallest absolute Gasteiger partial charge is 0.318 e. The number of aliphatic hydroxyl groups is 1. The van der Waals surface area contributed by atoms with Crippen molar-refractivity contribution in [3.63, 3.8) is 0 Å². The van der Waals surface area contributed by atoms with Crippen LogP contribution in [0, 0.1) is 0 Å². The van der Waals surface area contributed by atoms with Gasteiger partial charge in [0.2, 0.25) is 0 Å². The molecule has 2 unspecified atom stereocenters. The predicted octanol–water partition coefficient (Wildman–Crippen LogP) is 1.91. The second-order valence-electron chi connectivity index (χ2n) is 6.37. The third kappa shape index (κ3) is 4.47. The highest BCUT2D eigenvalue weighted by molar-refractivity contribution is 5.75. The van der Waals surface area contributed by atoms with Gasteiger partial charge in [0, 0.05) is 18.5 Å². The van der Waals surface area contributed by atoms with Crippen LogP contribution in [0.1, 0.15) is 39.1 Å². The van der Waals surface area contributed by atoms with Gasteiger partial charge in [-0.15, -0.1) is 0 Å². The van der Waals surface area contributed by atoms with E-state index in [4.69, 9.17) is 9.15 Å². The second-order valence-corrected chi connectivity index (χ2v) is 6.37. The molecule has 1 aromatic heterocycles. The zero-order chi connectivity index (χ0) is 15.5. The molecular weight excluding hydrogens is 272 g/mol. The fourth-order valence-corrected chi connectivity index (χ4v) is 2.36. The summed E-state index contributed by atoms with van der Waals surface area (Å²) in [7, 11) is 0. The summed E-state index contributed by atoms with van der Waals surface area (Å²) in [5, 5.41) is 13.1. The molecule has 2 atom stereocenters.